The van der Waals surface area contributed by atoms with Crippen molar-refractivity contribution in [2.45, 2.75) is 13.8 Å². The minimum Gasteiger partial charge on any atom is -0.289 e. The lowest BCUT2D eigenvalue weighted by molar-refractivity contribution is -0.123. The summed E-state index contributed by atoms with van der Waals surface area (Å²) in [6, 6.07) is 9.10. The minimum atomic E-state index is -0.344. The molecule has 0 saturated heterocycles. The van der Waals surface area contributed by atoms with E-state index in [2.05, 4.69) is 5.32 Å². The summed E-state index contributed by atoms with van der Waals surface area (Å²) in [4.78, 5) is 22.0. The fraction of sp³-hybridized carbons (Fsp3) is 0.167. The first-order valence-corrected chi connectivity index (χ1v) is 4.90. The van der Waals surface area contributed by atoms with Crippen molar-refractivity contribution in [3.05, 3.63) is 42.0 Å². The zero-order chi connectivity index (χ0) is 11.3. The van der Waals surface area contributed by atoms with Gasteiger partial charge >= 0.3 is 0 Å². The third-order valence-corrected chi connectivity index (χ3v) is 1.84. The Morgan fingerprint density at radius 2 is 1.60 bits per heavy atom. The SMILES string of the molecule is CC.O=C1C=C(c2ccccc2)C(=O)N1. The number of hydrogen-bond acceptors (Lipinski definition) is 2. The molecule has 0 aliphatic carbocycles. The van der Waals surface area contributed by atoms with Crippen LogP contribution in [0.25, 0.3) is 5.57 Å². The minimum absolute atomic E-state index is 0.323. The van der Waals surface area contributed by atoms with E-state index in [9.17, 15) is 9.59 Å². The third-order valence-electron chi connectivity index (χ3n) is 1.84. The van der Waals surface area contributed by atoms with Gasteiger partial charge in [0.15, 0.2) is 0 Å². The monoisotopic (exact) mass is 203 g/mol. The van der Waals surface area contributed by atoms with Gasteiger partial charge in [-0.05, 0) is 5.56 Å². The molecule has 1 aliphatic heterocycles. The van der Waals surface area contributed by atoms with Crippen LogP contribution in [-0.2, 0) is 9.59 Å². The molecule has 78 valence electrons. The number of hydrogen-bond donors (Lipinski definition) is 1. The van der Waals surface area contributed by atoms with Crippen LogP contribution in [0, 0.1) is 0 Å². The van der Waals surface area contributed by atoms with Crippen molar-refractivity contribution in [3.63, 3.8) is 0 Å². The Labute approximate surface area is 88.8 Å². The van der Waals surface area contributed by atoms with E-state index in [0.29, 0.717) is 5.57 Å². The summed E-state index contributed by atoms with van der Waals surface area (Å²) in [5.74, 6) is -0.667. The van der Waals surface area contributed by atoms with Crippen LogP contribution in [-0.4, -0.2) is 11.8 Å². The largest absolute Gasteiger partial charge is 0.289 e. The van der Waals surface area contributed by atoms with Gasteiger partial charge in [-0.15, -0.1) is 0 Å². The lowest BCUT2D eigenvalue weighted by Crippen LogP contribution is -2.21. The summed E-state index contributed by atoms with van der Waals surface area (Å²) in [5.41, 5.74) is 1.21. The van der Waals surface area contributed by atoms with E-state index in [1.165, 1.54) is 6.08 Å². The number of nitrogens with one attached hydrogen (secondary N) is 1. The van der Waals surface area contributed by atoms with E-state index in [0.717, 1.165) is 5.56 Å². The second-order valence-corrected chi connectivity index (χ2v) is 2.74. The summed E-state index contributed by atoms with van der Waals surface area (Å²) in [7, 11) is 0. The second-order valence-electron chi connectivity index (χ2n) is 2.74. The zero-order valence-corrected chi connectivity index (χ0v) is 8.78. The van der Waals surface area contributed by atoms with Crippen molar-refractivity contribution in [1.82, 2.24) is 5.32 Å². The predicted octanol–water partition coefficient (Wildman–Crippen LogP) is 1.75. The second kappa shape index (κ2) is 5.10. The summed E-state index contributed by atoms with van der Waals surface area (Å²) in [5, 5.41) is 2.19. The van der Waals surface area contributed by atoms with Gasteiger partial charge in [0.2, 0.25) is 0 Å². The van der Waals surface area contributed by atoms with E-state index in [-0.39, 0.29) is 11.8 Å². The summed E-state index contributed by atoms with van der Waals surface area (Å²) in [6.07, 6.45) is 1.32. The Hall–Kier alpha value is -1.90. The van der Waals surface area contributed by atoms with Gasteiger partial charge in [0.05, 0.1) is 5.57 Å². The number of benzene rings is 1. The van der Waals surface area contributed by atoms with E-state index in [4.69, 9.17) is 0 Å². The molecule has 1 aromatic rings. The molecule has 0 saturated carbocycles. The molecule has 15 heavy (non-hydrogen) atoms. The lowest BCUT2D eigenvalue weighted by Gasteiger charge is -1.97. The van der Waals surface area contributed by atoms with Gasteiger partial charge in [-0.3, -0.25) is 14.9 Å². The molecule has 0 bridgehead atoms. The van der Waals surface area contributed by atoms with Crippen LogP contribution in [0.15, 0.2) is 36.4 Å². The normalized spacial score (nSPS) is 13.9. The van der Waals surface area contributed by atoms with Crippen LogP contribution in [0.5, 0.6) is 0 Å². The Morgan fingerprint density at radius 3 is 2.07 bits per heavy atom. The van der Waals surface area contributed by atoms with Crippen molar-refractivity contribution in [2.75, 3.05) is 0 Å². The van der Waals surface area contributed by atoms with Crippen LogP contribution in [0.2, 0.25) is 0 Å². The summed E-state index contributed by atoms with van der Waals surface area (Å²) >= 11 is 0. The molecule has 0 aromatic heterocycles. The number of rotatable bonds is 1. The molecule has 0 spiro atoms. The van der Waals surface area contributed by atoms with E-state index in [1.54, 1.807) is 12.1 Å². The maximum Gasteiger partial charge on any atom is 0.258 e. The number of amides is 2. The molecule has 1 N–H and O–H groups in total. The molecular weight excluding hydrogens is 190 g/mol. The molecule has 1 aromatic carbocycles. The highest BCUT2D eigenvalue weighted by Crippen LogP contribution is 2.16. The molecule has 1 heterocycles. The van der Waals surface area contributed by atoms with Crippen LogP contribution >= 0.6 is 0 Å². The maximum atomic E-state index is 11.2. The van der Waals surface area contributed by atoms with Crippen molar-refractivity contribution in [2.24, 2.45) is 0 Å². The van der Waals surface area contributed by atoms with Crippen LogP contribution in [0.4, 0.5) is 0 Å². The van der Waals surface area contributed by atoms with Gasteiger partial charge < -0.3 is 0 Å². The first-order chi connectivity index (χ1) is 7.27. The Bertz CT molecular complexity index is 393. The first kappa shape index (κ1) is 11.2. The Kier molecular flexibility index (Phi) is 3.80. The molecule has 0 atom stereocenters. The smallest absolute Gasteiger partial charge is 0.258 e. The molecule has 2 amide bonds. The molecular formula is C12H13NO2. The van der Waals surface area contributed by atoms with Crippen LogP contribution < -0.4 is 5.32 Å². The van der Waals surface area contributed by atoms with Gasteiger partial charge in [-0.25, -0.2) is 0 Å². The molecule has 0 fully saturated rings. The zero-order valence-electron chi connectivity index (χ0n) is 8.78. The number of imide groups is 1. The first-order valence-electron chi connectivity index (χ1n) is 4.90. The highest BCUT2D eigenvalue weighted by Gasteiger charge is 2.21. The molecule has 0 radical (unpaired) electrons. The lowest BCUT2D eigenvalue weighted by atomic mass is 10.1. The fourth-order valence-electron chi connectivity index (χ4n) is 1.24. The van der Waals surface area contributed by atoms with Crippen molar-refractivity contribution in [1.29, 1.82) is 0 Å². The Balaban J connectivity index is 0.000000531. The topological polar surface area (TPSA) is 46.2 Å². The quantitative estimate of drug-likeness (QED) is 0.707. The van der Waals surface area contributed by atoms with Gasteiger partial charge in [-0.1, -0.05) is 44.2 Å². The standard InChI is InChI=1S/C10H7NO2.C2H6/c12-9-6-8(10(13)11-9)7-4-2-1-3-5-7;1-2/h1-6H,(H,11,12,13);1-2H3. The highest BCUT2D eigenvalue weighted by atomic mass is 16.2. The van der Waals surface area contributed by atoms with Crippen molar-refractivity contribution >= 4 is 17.4 Å². The van der Waals surface area contributed by atoms with Gasteiger partial charge in [0.25, 0.3) is 11.8 Å². The fourth-order valence-corrected chi connectivity index (χ4v) is 1.24. The van der Waals surface area contributed by atoms with E-state index >= 15 is 0 Å². The average Bonchev–Trinajstić information content (AvgIpc) is 2.62. The van der Waals surface area contributed by atoms with Crippen molar-refractivity contribution in [3.8, 4) is 0 Å². The summed E-state index contributed by atoms with van der Waals surface area (Å²) in [6.45, 7) is 4.00. The molecule has 3 heteroatoms. The van der Waals surface area contributed by atoms with Crippen LogP contribution in [0.1, 0.15) is 19.4 Å². The molecule has 1 aliphatic rings. The molecule has 3 nitrogen and oxygen atoms in total. The predicted molar refractivity (Wildman–Crippen MR) is 58.9 cm³/mol. The number of carbonyl (C=O) groups is 2. The van der Waals surface area contributed by atoms with E-state index < -0.39 is 0 Å². The molecule has 2 rings (SSSR count). The Morgan fingerprint density at radius 1 is 1.00 bits per heavy atom. The number of carbonyl (C=O) groups excluding carboxylic acids is 2. The maximum absolute atomic E-state index is 11.2. The highest BCUT2D eigenvalue weighted by molar-refractivity contribution is 6.33. The van der Waals surface area contributed by atoms with Gasteiger partial charge in [0, 0.05) is 6.08 Å². The summed E-state index contributed by atoms with van der Waals surface area (Å²) < 4.78 is 0. The molecule has 0 unspecified atom stereocenters. The van der Waals surface area contributed by atoms with Gasteiger partial charge in [-0.2, -0.15) is 0 Å². The van der Waals surface area contributed by atoms with Crippen LogP contribution in [0.3, 0.4) is 0 Å². The van der Waals surface area contributed by atoms with Gasteiger partial charge in [0.1, 0.15) is 0 Å². The van der Waals surface area contributed by atoms with Crippen molar-refractivity contribution < 1.29 is 9.59 Å². The third kappa shape index (κ3) is 2.53. The van der Waals surface area contributed by atoms with E-state index in [1.807, 2.05) is 32.0 Å². The average molecular weight is 203 g/mol.